The summed E-state index contributed by atoms with van der Waals surface area (Å²) in [5, 5.41) is 14.4. The number of amides is 1. The summed E-state index contributed by atoms with van der Waals surface area (Å²) in [6.45, 7) is 3.97. The number of aryl methyl sites for hydroxylation is 2. The summed E-state index contributed by atoms with van der Waals surface area (Å²) in [4.78, 5) is 13.3. The van der Waals surface area contributed by atoms with E-state index in [-0.39, 0.29) is 18.6 Å². The van der Waals surface area contributed by atoms with Crippen LogP contribution in [0.3, 0.4) is 0 Å². The number of nitrogens with zero attached hydrogens (tertiary/aromatic N) is 4. The Morgan fingerprint density at radius 1 is 0.947 bits per heavy atom. The van der Waals surface area contributed by atoms with Gasteiger partial charge in [-0.25, -0.2) is 5.01 Å². The molecule has 8 heteroatoms. The molecule has 0 saturated heterocycles. The maximum atomic E-state index is 13.3. The molecule has 0 fully saturated rings. The van der Waals surface area contributed by atoms with Crippen LogP contribution in [0.5, 0.6) is 11.5 Å². The van der Waals surface area contributed by atoms with E-state index in [0.717, 1.165) is 46.6 Å². The third-order valence-corrected chi connectivity index (χ3v) is 6.45. The van der Waals surface area contributed by atoms with Gasteiger partial charge in [0.05, 0.1) is 18.9 Å². The molecule has 1 aliphatic rings. The largest absolute Gasteiger partial charge is 0.497 e. The quantitative estimate of drug-likeness (QED) is 0.284. The van der Waals surface area contributed by atoms with Crippen LogP contribution in [-0.4, -0.2) is 40.5 Å². The Labute approximate surface area is 221 Å². The summed E-state index contributed by atoms with van der Waals surface area (Å²) in [5.74, 6) is 2.21. The highest BCUT2D eigenvalue weighted by atomic mass is 16.5. The van der Waals surface area contributed by atoms with Gasteiger partial charge in [-0.2, -0.15) is 5.10 Å². The average Bonchev–Trinajstić information content (AvgIpc) is 3.61. The fraction of sp³-hybridized carbons (Fsp3) is 0.267. The summed E-state index contributed by atoms with van der Waals surface area (Å²) in [7, 11) is 1.64. The first kappa shape index (κ1) is 25.2. The van der Waals surface area contributed by atoms with Crippen LogP contribution in [0.25, 0.3) is 11.5 Å². The van der Waals surface area contributed by atoms with Crippen molar-refractivity contribution in [2.45, 2.75) is 39.2 Å². The molecule has 0 bridgehead atoms. The maximum absolute atomic E-state index is 13.3. The van der Waals surface area contributed by atoms with Crippen molar-refractivity contribution in [1.82, 2.24) is 15.2 Å². The van der Waals surface area contributed by atoms with Crippen LogP contribution in [-0.2, 0) is 11.2 Å². The van der Waals surface area contributed by atoms with Gasteiger partial charge in [0.15, 0.2) is 6.61 Å². The van der Waals surface area contributed by atoms with Gasteiger partial charge < -0.3 is 13.9 Å². The van der Waals surface area contributed by atoms with Crippen molar-refractivity contribution < 1.29 is 18.7 Å². The molecule has 194 valence electrons. The highest BCUT2D eigenvalue weighted by Crippen LogP contribution is 2.33. The van der Waals surface area contributed by atoms with E-state index in [1.807, 2.05) is 43.3 Å². The van der Waals surface area contributed by atoms with E-state index in [9.17, 15) is 4.79 Å². The minimum Gasteiger partial charge on any atom is -0.497 e. The molecule has 1 atom stereocenters. The van der Waals surface area contributed by atoms with Gasteiger partial charge in [0.1, 0.15) is 11.5 Å². The molecule has 2 heterocycles. The molecule has 4 aromatic rings. The van der Waals surface area contributed by atoms with Crippen LogP contribution in [0.1, 0.15) is 48.4 Å². The predicted molar refractivity (Wildman–Crippen MR) is 144 cm³/mol. The van der Waals surface area contributed by atoms with Crippen molar-refractivity contribution in [3.63, 3.8) is 0 Å². The summed E-state index contributed by atoms with van der Waals surface area (Å²) in [6, 6.07) is 23.0. The number of hydrogen-bond acceptors (Lipinski definition) is 7. The Bertz CT molecular complexity index is 1410. The molecule has 0 aliphatic carbocycles. The fourth-order valence-corrected chi connectivity index (χ4v) is 4.34. The van der Waals surface area contributed by atoms with Gasteiger partial charge in [0, 0.05) is 18.4 Å². The number of ether oxygens (including phenoxy) is 2. The van der Waals surface area contributed by atoms with Gasteiger partial charge in [0.25, 0.3) is 5.91 Å². The lowest BCUT2D eigenvalue weighted by atomic mass is 9.97. The lowest BCUT2D eigenvalue weighted by Crippen LogP contribution is -2.31. The summed E-state index contributed by atoms with van der Waals surface area (Å²) < 4.78 is 16.8. The second kappa shape index (κ2) is 11.3. The van der Waals surface area contributed by atoms with E-state index in [1.54, 1.807) is 24.3 Å². The smallest absolute Gasteiger partial charge is 0.281 e. The molecule has 5 rings (SSSR count). The minimum absolute atomic E-state index is 0.137. The van der Waals surface area contributed by atoms with Crippen LogP contribution in [0.2, 0.25) is 0 Å². The first-order valence-electron chi connectivity index (χ1n) is 12.7. The van der Waals surface area contributed by atoms with Crippen LogP contribution >= 0.6 is 0 Å². The van der Waals surface area contributed by atoms with Gasteiger partial charge >= 0.3 is 0 Å². The van der Waals surface area contributed by atoms with E-state index in [2.05, 4.69) is 41.4 Å². The zero-order valence-corrected chi connectivity index (χ0v) is 21.8. The number of benzene rings is 3. The Morgan fingerprint density at radius 3 is 2.32 bits per heavy atom. The highest BCUT2D eigenvalue weighted by molar-refractivity contribution is 6.03. The van der Waals surface area contributed by atoms with Crippen molar-refractivity contribution in [2.24, 2.45) is 5.10 Å². The molecular formula is C30H30N4O4. The number of carbonyl (C=O) groups excluding carboxylic acids is 1. The zero-order valence-electron chi connectivity index (χ0n) is 21.8. The Balaban J connectivity index is 1.30. The van der Waals surface area contributed by atoms with Gasteiger partial charge in [-0.05, 0) is 73.0 Å². The molecule has 0 radical (unpaired) electrons. The molecule has 3 aromatic carbocycles. The van der Waals surface area contributed by atoms with Gasteiger partial charge in [-0.1, -0.05) is 36.8 Å². The third kappa shape index (κ3) is 5.59. The SMILES string of the molecule is CCCc1nnc(-c2ccc(OCC(=O)N3N=C(c4ccc(OC)cc4)CC3c3ccc(C)cc3)cc2)o1. The van der Waals surface area contributed by atoms with E-state index in [1.165, 1.54) is 0 Å². The lowest BCUT2D eigenvalue weighted by molar-refractivity contribution is -0.135. The molecule has 1 unspecified atom stereocenters. The molecule has 1 aliphatic heterocycles. The molecule has 0 saturated carbocycles. The monoisotopic (exact) mass is 510 g/mol. The summed E-state index contributed by atoms with van der Waals surface area (Å²) >= 11 is 0. The normalized spacial score (nSPS) is 14.9. The Hall–Kier alpha value is -4.46. The number of rotatable bonds is 9. The Morgan fingerprint density at radius 2 is 1.63 bits per heavy atom. The average molecular weight is 511 g/mol. The molecular weight excluding hydrogens is 480 g/mol. The topological polar surface area (TPSA) is 90.1 Å². The molecule has 1 aromatic heterocycles. The zero-order chi connectivity index (χ0) is 26.5. The lowest BCUT2D eigenvalue weighted by Gasteiger charge is -2.22. The summed E-state index contributed by atoms with van der Waals surface area (Å²) in [5.41, 5.74) is 4.79. The third-order valence-electron chi connectivity index (χ3n) is 6.45. The minimum atomic E-state index is -0.218. The number of carbonyl (C=O) groups is 1. The van der Waals surface area contributed by atoms with Crippen molar-refractivity contribution in [2.75, 3.05) is 13.7 Å². The molecule has 38 heavy (non-hydrogen) atoms. The predicted octanol–water partition coefficient (Wildman–Crippen LogP) is 5.76. The van der Waals surface area contributed by atoms with Crippen molar-refractivity contribution in [3.05, 3.63) is 95.4 Å². The number of aromatic nitrogens is 2. The van der Waals surface area contributed by atoms with Gasteiger partial charge in [0.2, 0.25) is 11.8 Å². The molecule has 0 spiro atoms. The van der Waals surface area contributed by atoms with E-state index in [0.29, 0.717) is 24.0 Å². The first-order valence-corrected chi connectivity index (χ1v) is 12.7. The maximum Gasteiger partial charge on any atom is 0.281 e. The number of methoxy groups -OCH3 is 1. The standard InChI is InChI=1S/C30H30N4O4/c1-4-5-28-31-32-30(38-28)23-12-16-25(17-13-23)37-19-29(35)34-27(22-8-6-20(2)7-9-22)18-26(33-34)21-10-14-24(36-3)15-11-21/h6-17,27H,4-5,18-19H2,1-3H3. The van der Waals surface area contributed by atoms with Crippen LogP contribution in [0.15, 0.2) is 82.3 Å². The highest BCUT2D eigenvalue weighted by Gasteiger charge is 2.33. The van der Waals surface area contributed by atoms with Crippen LogP contribution in [0, 0.1) is 6.92 Å². The second-order valence-electron chi connectivity index (χ2n) is 9.21. The van der Waals surface area contributed by atoms with Gasteiger partial charge in [-0.3, -0.25) is 4.79 Å². The van der Waals surface area contributed by atoms with Crippen molar-refractivity contribution >= 4 is 11.6 Å². The Kier molecular flexibility index (Phi) is 7.49. The van der Waals surface area contributed by atoms with Crippen molar-refractivity contribution in [1.29, 1.82) is 0 Å². The first-order chi connectivity index (χ1) is 18.5. The summed E-state index contributed by atoms with van der Waals surface area (Å²) in [6.07, 6.45) is 2.30. The van der Waals surface area contributed by atoms with Crippen LogP contribution < -0.4 is 9.47 Å². The van der Waals surface area contributed by atoms with E-state index >= 15 is 0 Å². The molecule has 1 amide bonds. The second-order valence-corrected chi connectivity index (χ2v) is 9.21. The van der Waals surface area contributed by atoms with E-state index in [4.69, 9.17) is 19.0 Å². The molecule has 8 nitrogen and oxygen atoms in total. The van der Waals surface area contributed by atoms with Gasteiger partial charge in [-0.15, -0.1) is 10.2 Å². The van der Waals surface area contributed by atoms with E-state index < -0.39 is 0 Å². The number of hydrazone groups is 1. The fourth-order valence-electron chi connectivity index (χ4n) is 4.34. The molecule has 0 N–H and O–H groups in total. The van der Waals surface area contributed by atoms with Crippen molar-refractivity contribution in [3.8, 4) is 23.0 Å². The number of hydrogen-bond donors (Lipinski definition) is 0. The van der Waals surface area contributed by atoms with Crippen LogP contribution in [0.4, 0.5) is 0 Å².